The molecule has 1 aliphatic carbocycles. The Kier molecular flexibility index (Phi) is 4.17. The lowest BCUT2D eigenvalue weighted by atomic mass is 9.82. The molecule has 21 heavy (non-hydrogen) atoms. The van der Waals surface area contributed by atoms with Crippen molar-refractivity contribution in [2.45, 2.75) is 43.4 Å². The second-order valence-corrected chi connectivity index (χ2v) is 6.61. The molecular formula is C18H19ClF2. The van der Waals surface area contributed by atoms with E-state index < -0.39 is 5.92 Å². The van der Waals surface area contributed by atoms with Crippen LogP contribution < -0.4 is 0 Å². The van der Waals surface area contributed by atoms with Crippen molar-refractivity contribution in [2.24, 2.45) is 5.92 Å². The molecule has 0 aromatic heterocycles. The smallest absolute Gasteiger partial charge is 0.207 e. The third-order valence-electron chi connectivity index (χ3n) is 4.57. The monoisotopic (exact) mass is 308 g/mol. The predicted molar refractivity (Wildman–Crippen MR) is 84.2 cm³/mol. The van der Waals surface area contributed by atoms with Gasteiger partial charge in [-0.3, -0.25) is 0 Å². The minimum atomic E-state index is -2.48. The van der Waals surface area contributed by atoms with Crippen LogP contribution in [0.2, 0.25) is 0 Å². The highest BCUT2D eigenvalue weighted by atomic mass is 35.5. The first-order valence-electron chi connectivity index (χ1n) is 7.54. The fourth-order valence-corrected chi connectivity index (χ4v) is 3.69. The highest BCUT2D eigenvalue weighted by Gasteiger charge is 2.37. The van der Waals surface area contributed by atoms with Gasteiger partial charge in [0.05, 0.1) is 0 Å². The third-order valence-corrected chi connectivity index (χ3v) is 5.08. The highest BCUT2D eigenvalue weighted by molar-refractivity contribution is 6.21. The molecule has 0 bridgehead atoms. The second kappa shape index (κ2) is 5.92. The Morgan fingerprint density at radius 1 is 1.05 bits per heavy atom. The van der Waals surface area contributed by atoms with Gasteiger partial charge in [0.25, 0.3) is 0 Å². The van der Waals surface area contributed by atoms with Gasteiger partial charge >= 0.3 is 0 Å². The Bertz CT molecular complexity index is 608. The largest absolute Gasteiger partial charge is 0.248 e. The van der Waals surface area contributed by atoms with Crippen LogP contribution in [0.4, 0.5) is 8.78 Å². The van der Waals surface area contributed by atoms with Crippen molar-refractivity contribution >= 4 is 22.4 Å². The van der Waals surface area contributed by atoms with E-state index in [1.54, 1.807) is 0 Å². The lowest BCUT2D eigenvalue weighted by molar-refractivity contribution is -0.0459. The van der Waals surface area contributed by atoms with Gasteiger partial charge in [-0.1, -0.05) is 42.5 Å². The molecule has 2 aromatic carbocycles. The molecule has 0 radical (unpaired) electrons. The maximum atomic E-state index is 13.2. The molecule has 0 nitrogen and oxygen atoms in total. The summed E-state index contributed by atoms with van der Waals surface area (Å²) in [5.41, 5.74) is 1.21. The Morgan fingerprint density at radius 2 is 1.71 bits per heavy atom. The van der Waals surface area contributed by atoms with Crippen LogP contribution >= 0.6 is 11.6 Å². The number of alkyl halides is 3. The zero-order chi connectivity index (χ0) is 14.9. The summed E-state index contributed by atoms with van der Waals surface area (Å²) < 4.78 is 26.5. The molecule has 0 saturated heterocycles. The van der Waals surface area contributed by atoms with Crippen LogP contribution in [0.3, 0.4) is 0 Å². The van der Waals surface area contributed by atoms with E-state index in [0.29, 0.717) is 12.8 Å². The molecule has 0 aliphatic heterocycles. The molecule has 1 unspecified atom stereocenters. The van der Waals surface area contributed by atoms with Gasteiger partial charge in [-0.25, -0.2) is 8.78 Å². The van der Waals surface area contributed by atoms with Gasteiger partial charge in [-0.05, 0) is 41.5 Å². The number of halogens is 3. The highest BCUT2D eigenvalue weighted by Crippen LogP contribution is 2.39. The van der Waals surface area contributed by atoms with Crippen molar-refractivity contribution in [3.63, 3.8) is 0 Å². The van der Waals surface area contributed by atoms with Crippen LogP contribution in [0.15, 0.2) is 42.5 Å². The fourth-order valence-electron chi connectivity index (χ4n) is 3.27. The summed E-state index contributed by atoms with van der Waals surface area (Å²) in [6.45, 7) is 0. The van der Waals surface area contributed by atoms with Crippen LogP contribution in [-0.4, -0.2) is 11.3 Å². The standard InChI is InChI=1S/C18H19ClF2/c19-17(14-8-10-18(20,21)11-9-14)12-15-6-3-5-13-4-1-2-7-16(13)15/h1-7,14,17H,8-12H2. The van der Waals surface area contributed by atoms with Gasteiger partial charge in [0.15, 0.2) is 0 Å². The molecule has 0 amide bonds. The van der Waals surface area contributed by atoms with E-state index in [-0.39, 0.29) is 24.1 Å². The van der Waals surface area contributed by atoms with Crippen LogP contribution in [-0.2, 0) is 6.42 Å². The summed E-state index contributed by atoms with van der Waals surface area (Å²) in [4.78, 5) is 0. The maximum absolute atomic E-state index is 13.2. The van der Waals surface area contributed by atoms with E-state index in [0.717, 1.165) is 6.42 Å². The molecule has 1 aliphatic rings. The van der Waals surface area contributed by atoms with Crippen molar-refractivity contribution in [3.05, 3.63) is 48.0 Å². The summed E-state index contributed by atoms with van der Waals surface area (Å²) >= 11 is 6.54. The molecule has 1 saturated carbocycles. The first kappa shape index (κ1) is 14.8. The van der Waals surface area contributed by atoms with Crippen LogP contribution in [0.5, 0.6) is 0 Å². The molecule has 2 aromatic rings. The third kappa shape index (κ3) is 3.37. The van der Waals surface area contributed by atoms with Gasteiger partial charge in [0.1, 0.15) is 0 Å². The Labute approximate surface area is 129 Å². The SMILES string of the molecule is FC1(F)CCC(C(Cl)Cc2cccc3ccccc23)CC1. The van der Waals surface area contributed by atoms with Crippen molar-refractivity contribution < 1.29 is 8.78 Å². The van der Waals surface area contributed by atoms with Gasteiger partial charge in [0.2, 0.25) is 5.92 Å². The summed E-state index contributed by atoms with van der Waals surface area (Å²) in [7, 11) is 0. The average Bonchev–Trinajstić information content (AvgIpc) is 2.47. The summed E-state index contributed by atoms with van der Waals surface area (Å²) in [5, 5.41) is 2.35. The molecule has 0 heterocycles. The average molecular weight is 309 g/mol. The Morgan fingerprint density at radius 3 is 2.48 bits per heavy atom. The van der Waals surface area contributed by atoms with Crippen molar-refractivity contribution in [1.29, 1.82) is 0 Å². The second-order valence-electron chi connectivity index (χ2n) is 6.05. The molecule has 0 spiro atoms. The number of rotatable bonds is 3. The van der Waals surface area contributed by atoms with Crippen molar-refractivity contribution in [1.82, 2.24) is 0 Å². The van der Waals surface area contributed by atoms with Gasteiger partial charge in [-0.2, -0.15) is 0 Å². The Balaban J connectivity index is 1.73. The van der Waals surface area contributed by atoms with Crippen molar-refractivity contribution in [2.75, 3.05) is 0 Å². The predicted octanol–water partition coefficient (Wildman–Crippen LogP) is 5.82. The molecular weight excluding hydrogens is 290 g/mol. The quantitative estimate of drug-likeness (QED) is 0.627. The first-order chi connectivity index (χ1) is 10.1. The molecule has 3 heteroatoms. The topological polar surface area (TPSA) is 0 Å². The lowest BCUT2D eigenvalue weighted by Gasteiger charge is -2.31. The van der Waals surface area contributed by atoms with E-state index in [4.69, 9.17) is 11.6 Å². The number of benzene rings is 2. The number of fused-ring (bicyclic) bond motifs is 1. The van der Waals surface area contributed by atoms with Crippen molar-refractivity contribution in [3.8, 4) is 0 Å². The van der Waals surface area contributed by atoms with Gasteiger partial charge in [-0.15, -0.1) is 11.6 Å². The summed E-state index contributed by atoms with van der Waals surface area (Å²) in [6, 6.07) is 14.4. The molecule has 0 N–H and O–H groups in total. The van der Waals surface area contributed by atoms with E-state index in [9.17, 15) is 8.78 Å². The number of hydrogen-bond donors (Lipinski definition) is 0. The molecule has 1 atom stereocenters. The zero-order valence-electron chi connectivity index (χ0n) is 11.9. The van der Waals surface area contributed by atoms with Gasteiger partial charge in [0, 0.05) is 18.2 Å². The molecule has 3 rings (SSSR count). The number of hydrogen-bond acceptors (Lipinski definition) is 0. The molecule has 1 fully saturated rings. The fraction of sp³-hybridized carbons (Fsp3) is 0.444. The van der Waals surface area contributed by atoms with E-state index in [1.807, 2.05) is 18.2 Å². The Hall–Kier alpha value is -1.15. The van der Waals surface area contributed by atoms with E-state index in [2.05, 4.69) is 24.3 Å². The minimum Gasteiger partial charge on any atom is -0.207 e. The lowest BCUT2D eigenvalue weighted by Crippen LogP contribution is -2.29. The van der Waals surface area contributed by atoms with Gasteiger partial charge < -0.3 is 0 Å². The van der Waals surface area contributed by atoms with Crippen LogP contribution in [0.25, 0.3) is 10.8 Å². The first-order valence-corrected chi connectivity index (χ1v) is 7.97. The summed E-state index contributed by atoms with van der Waals surface area (Å²) in [6.07, 6.45) is 1.78. The summed E-state index contributed by atoms with van der Waals surface area (Å²) in [5.74, 6) is -2.28. The maximum Gasteiger partial charge on any atom is 0.248 e. The normalized spacial score (nSPS) is 20.5. The van der Waals surface area contributed by atoms with Crippen LogP contribution in [0, 0.1) is 5.92 Å². The van der Waals surface area contributed by atoms with E-state index in [1.165, 1.54) is 16.3 Å². The minimum absolute atomic E-state index is 0.0174. The van der Waals surface area contributed by atoms with Crippen LogP contribution in [0.1, 0.15) is 31.2 Å². The van der Waals surface area contributed by atoms with E-state index >= 15 is 0 Å². The zero-order valence-corrected chi connectivity index (χ0v) is 12.6. The molecule has 112 valence electrons.